The van der Waals surface area contributed by atoms with Gasteiger partial charge in [-0.1, -0.05) is 58.3 Å². The molecule has 0 aromatic heterocycles. The molecule has 0 radical (unpaired) electrons. The molecule has 2 N–H and O–H groups in total. The molecule has 0 fully saturated rings. The molecular weight excluding hydrogens is 396 g/mol. The van der Waals surface area contributed by atoms with Gasteiger partial charge in [0.25, 0.3) is 0 Å². The van der Waals surface area contributed by atoms with Crippen molar-refractivity contribution < 1.29 is 18.1 Å². The summed E-state index contributed by atoms with van der Waals surface area (Å²) in [6.07, 6.45) is 12.3. The minimum atomic E-state index is -2.59. The van der Waals surface area contributed by atoms with Crippen molar-refractivity contribution in [2.75, 3.05) is 27.9 Å². The Balaban J connectivity index is 0. The molecule has 0 saturated heterocycles. The van der Waals surface area contributed by atoms with Gasteiger partial charge in [-0.15, -0.1) is 12.4 Å². The van der Waals surface area contributed by atoms with E-state index in [1.807, 2.05) is 6.92 Å². The lowest BCUT2D eigenvalue weighted by atomic mass is 10.1. The van der Waals surface area contributed by atoms with Crippen molar-refractivity contribution in [1.82, 2.24) is 4.90 Å². The van der Waals surface area contributed by atoms with Gasteiger partial charge in [0.2, 0.25) is 5.91 Å². The van der Waals surface area contributed by atoms with Crippen molar-refractivity contribution in [1.29, 1.82) is 0 Å². The van der Waals surface area contributed by atoms with E-state index in [4.69, 9.17) is 19.0 Å². The van der Waals surface area contributed by atoms with Crippen LogP contribution in [0.1, 0.15) is 84.5 Å². The van der Waals surface area contributed by atoms with E-state index in [9.17, 15) is 4.79 Å². The molecule has 6 nitrogen and oxygen atoms in total. The smallest absolute Gasteiger partial charge is 0.377 e. The Bertz CT molecular complexity index is 364. The summed E-state index contributed by atoms with van der Waals surface area (Å²) in [4.78, 5) is 14.3. The average Bonchev–Trinajstić information content (AvgIpc) is 2.67. The molecule has 28 heavy (non-hydrogen) atoms. The van der Waals surface area contributed by atoms with E-state index in [0.29, 0.717) is 19.0 Å². The van der Waals surface area contributed by atoms with E-state index < -0.39 is 8.80 Å². The summed E-state index contributed by atoms with van der Waals surface area (Å²) in [6, 6.07) is 0.672. The first-order chi connectivity index (χ1) is 13.0. The van der Waals surface area contributed by atoms with E-state index in [-0.39, 0.29) is 24.5 Å². The van der Waals surface area contributed by atoms with Gasteiger partial charge in [-0.05, 0) is 19.8 Å². The van der Waals surface area contributed by atoms with Crippen molar-refractivity contribution in [3.63, 3.8) is 0 Å². The quantitative estimate of drug-likeness (QED) is 0.189. The van der Waals surface area contributed by atoms with Crippen LogP contribution in [-0.2, 0) is 18.1 Å². The van der Waals surface area contributed by atoms with E-state index in [1.54, 1.807) is 26.2 Å². The predicted molar refractivity (Wildman–Crippen MR) is 121 cm³/mol. The summed E-state index contributed by atoms with van der Waals surface area (Å²) >= 11 is 0. The van der Waals surface area contributed by atoms with Crippen molar-refractivity contribution in [3.05, 3.63) is 0 Å². The van der Waals surface area contributed by atoms with Crippen LogP contribution in [-0.4, -0.2) is 53.7 Å². The number of hydrogen-bond donors (Lipinski definition) is 1. The zero-order chi connectivity index (χ0) is 20.5. The van der Waals surface area contributed by atoms with Crippen molar-refractivity contribution in [2.45, 2.75) is 96.7 Å². The van der Waals surface area contributed by atoms with Crippen molar-refractivity contribution in [2.24, 2.45) is 5.73 Å². The maximum atomic E-state index is 12.5. The molecule has 0 rings (SSSR count). The number of nitrogens with two attached hydrogens (primary N) is 1. The van der Waals surface area contributed by atoms with Gasteiger partial charge >= 0.3 is 8.80 Å². The van der Waals surface area contributed by atoms with Crippen LogP contribution in [0.3, 0.4) is 0 Å². The normalized spacial score (nSPS) is 12.5. The molecule has 0 heterocycles. The highest BCUT2D eigenvalue weighted by Gasteiger charge is 2.37. The second-order valence-electron chi connectivity index (χ2n) is 7.31. The van der Waals surface area contributed by atoms with Gasteiger partial charge in [-0.3, -0.25) is 4.79 Å². The Morgan fingerprint density at radius 2 is 1.36 bits per heavy atom. The summed E-state index contributed by atoms with van der Waals surface area (Å²) in [5.74, 6) is 0.146. The summed E-state index contributed by atoms with van der Waals surface area (Å²) < 4.78 is 16.3. The molecule has 0 aliphatic rings. The van der Waals surface area contributed by atoms with Crippen LogP contribution in [0.2, 0.25) is 6.04 Å². The van der Waals surface area contributed by atoms with Gasteiger partial charge in [0.05, 0.1) is 6.17 Å². The SMILES string of the molecule is CCCCCCCCCCCC(=O)N(CCC[Si](OC)(OC)OC)C(C)N.Cl. The predicted octanol–water partition coefficient (Wildman–Crippen LogP) is 4.73. The van der Waals surface area contributed by atoms with E-state index in [0.717, 1.165) is 19.3 Å². The fourth-order valence-corrected chi connectivity index (χ4v) is 5.01. The van der Waals surface area contributed by atoms with Gasteiger partial charge in [0.15, 0.2) is 0 Å². The Kier molecular flexibility index (Phi) is 20.2. The largest absolute Gasteiger partial charge is 0.500 e. The number of carbonyl (C=O) groups is 1. The van der Waals surface area contributed by atoms with Gasteiger partial charge < -0.3 is 23.9 Å². The van der Waals surface area contributed by atoms with Crippen LogP contribution in [0.5, 0.6) is 0 Å². The summed E-state index contributed by atoms with van der Waals surface area (Å²) in [6.45, 7) is 4.72. The van der Waals surface area contributed by atoms with E-state index in [1.165, 1.54) is 44.9 Å². The van der Waals surface area contributed by atoms with Crippen LogP contribution in [0, 0.1) is 0 Å². The minimum absolute atomic E-state index is 0. The molecule has 0 spiro atoms. The van der Waals surface area contributed by atoms with Gasteiger partial charge in [-0.2, -0.15) is 0 Å². The zero-order valence-corrected chi connectivity index (χ0v) is 20.7. The topological polar surface area (TPSA) is 74.0 Å². The molecule has 8 heteroatoms. The Hall–Kier alpha value is -0.183. The molecule has 0 bridgehead atoms. The second kappa shape index (κ2) is 18.8. The molecule has 1 atom stereocenters. The third kappa shape index (κ3) is 13.1. The minimum Gasteiger partial charge on any atom is -0.377 e. The number of carbonyl (C=O) groups excluding carboxylic acids is 1. The maximum Gasteiger partial charge on any atom is 0.500 e. The van der Waals surface area contributed by atoms with Gasteiger partial charge in [-0.25, -0.2) is 0 Å². The zero-order valence-electron chi connectivity index (χ0n) is 18.8. The first-order valence-electron chi connectivity index (χ1n) is 10.7. The molecule has 0 saturated carbocycles. The third-order valence-corrected chi connectivity index (χ3v) is 7.95. The summed E-state index contributed by atoms with van der Waals surface area (Å²) in [5, 5.41) is 0. The first-order valence-corrected chi connectivity index (χ1v) is 12.6. The average molecular weight is 441 g/mol. The molecule has 1 amide bonds. The third-order valence-electron chi connectivity index (χ3n) is 5.12. The highest BCUT2D eigenvalue weighted by atomic mass is 35.5. The standard InChI is InChI=1S/C20H44N2O4Si.ClH/c1-6-7-8-9-10-11-12-13-14-16-20(23)22(19(2)21)17-15-18-27(24-3,25-4)26-5;/h19H,6-18,21H2,1-5H3;1H. The fraction of sp³-hybridized carbons (Fsp3) is 0.950. The van der Waals surface area contributed by atoms with Crippen LogP contribution in [0.15, 0.2) is 0 Å². The first kappa shape index (κ1) is 30.0. The lowest BCUT2D eigenvalue weighted by Gasteiger charge is -2.29. The number of halogens is 1. The molecule has 0 aliphatic carbocycles. The van der Waals surface area contributed by atoms with Crippen LogP contribution >= 0.6 is 12.4 Å². The fourth-order valence-electron chi connectivity index (χ4n) is 3.31. The summed E-state index contributed by atoms with van der Waals surface area (Å²) in [7, 11) is 2.24. The lowest BCUT2D eigenvalue weighted by molar-refractivity contribution is -0.133. The van der Waals surface area contributed by atoms with Crippen LogP contribution < -0.4 is 5.73 Å². The molecule has 170 valence electrons. The molecule has 0 aliphatic heterocycles. The number of unbranched alkanes of at least 4 members (excludes halogenated alkanes) is 8. The molecule has 0 aromatic carbocycles. The highest BCUT2D eigenvalue weighted by Crippen LogP contribution is 2.17. The molecule has 1 unspecified atom stereocenters. The highest BCUT2D eigenvalue weighted by molar-refractivity contribution is 6.60. The number of amides is 1. The molecule has 0 aromatic rings. The number of rotatable bonds is 18. The Morgan fingerprint density at radius 3 is 1.79 bits per heavy atom. The monoisotopic (exact) mass is 440 g/mol. The summed E-state index contributed by atoms with van der Waals surface area (Å²) in [5.41, 5.74) is 6.02. The Labute approximate surface area is 180 Å². The number of nitrogens with zero attached hydrogens (tertiary/aromatic N) is 1. The van der Waals surface area contributed by atoms with Gasteiger partial charge in [0, 0.05) is 40.3 Å². The van der Waals surface area contributed by atoms with E-state index in [2.05, 4.69) is 6.92 Å². The lowest BCUT2D eigenvalue weighted by Crippen LogP contribution is -2.46. The Morgan fingerprint density at radius 1 is 0.893 bits per heavy atom. The van der Waals surface area contributed by atoms with Crippen LogP contribution in [0.25, 0.3) is 0 Å². The van der Waals surface area contributed by atoms with Crippen LogP contribution in [0.4, 0.5) is 0 Å². The molecular formula is C20H45ClN2O4Si. The van der Waals surface area contributed by atoms with Crippen molar-refractivity contribution in [3.8, 4) is 0 Å². The maximum absolute atomic E-state index is 12.5. The van der Waals surface area contributed by atoms with Crippen molar-refractivity contribution >= 4 is 27.1 Å². The van der Waals surface area contributed by atoms with Gasteiger partial charge in [0.1, 0.15) is 0 Å². The second-order valence-corrected chi connectivity index (χ2v) is 10.4. The number of hydrogen-bond acceptors (Lipinski definition) is 5. The van der Waals surface area contributed by atoms with E-state index >= 15 is 0 Å².